The van der Waals surface area contributed by atoms with Gasteiger partial charge in [0.25, 0.3) is 0 Å². The van der Waals surface area contributed by atoms with Gasteiger partial charge in [0.05, 0.1) is 6.61 Å². The normalized spacial score (nSPS) is 22.0. The summed E-state index contributed by atoms with van der Waals surface area (Å²) >= 11 is -1.96. The van der Waals surface area contributed by atoms with Gasteiger partial charge < -0.3 is 14.4 Å². The summed E-state index contributed by atoms with van der Waals surface area (Å²) in [6.45, 7) is 3.53. The Balaban J connectivity index is 2.13. The van der Waals surface area contributed by atoms with Gasteiger partial charge in [0.2, 0.25) is 0 Å². The monoisotopic (exact) mass is 221 g/mol. The van der Waals surface area contributed by atoms with Crippen molar-refractivity contribution in [2.24, 2.45) is 0 Å². The van der Waals surface area contributed by atoms with E-state index in [1.54, 1.807) is 13.8 Å². The lowest BCUT2D eigenvalue weighted by atomic mass is 10.2. The molecule has 84 valence electrons. The smallest absolute Gasteiger partial charge is 0.159 e. The second-order valence-electron chi connectivity index (χ2n) is 4.32. The highest BCUT2D eigenvalue weighted by Crippen LogP contribution is 2.44. The molecule has 1 N–H and O–H groups in total. The van der Waals surface area contributed by atoms with Crippen LogP contribution in [0.3, 0.4) is 0 Å². The first-order valence-corrected chi connectivity index (χ1v) is 5.89. The van der Waals surface area contributed by atoms with Crippen LogP contribution in [0.2, 0.25) is 0 Å². The van der Waals surface area contributed by atoms with Crippen LogP contribution in [0.25, 0.3) is 0 Å². The van der Waals surface area contributed by atoms with Gasteiger partial charge in [-0.2, -0.15) is 0 Å². The predicted octanol–water partition coefficient (Wildman–Crippen LogP) is 0.923. The van der Waals surface area contributed by atoms with Crippen molar-refractivity contribution in [3.63, 3.8) is 0 Å². The van der Waals surface area contributed by atoms with Gasteiger partial charge in [0, 0.05) is 4.75 Å². The molecule has 0 saturated heterocycles. The van der Waals surface area contributed by atoms with Gasteiger partial charge in [-0.05, 0) is 50.6 Å². The molecule has 1 atom stereocenters. The van der Waals surface area contributed by atoms with Crippen LogP contribution in [-0.4, -0.2) is 31.0 Å². The highest BCUT2D eigenvalue weighted by molar-refractivity contribution is 7.81. The van der Waals surface area contributed by atoms with Gasteiger partial charge >= 0.3 is 0 Å². The Kier molecular flexibility index (Phi) is 3.69. The van der Waals surface area contributed by atoms with Gasteiger partial charge in [0.1, 0.15) is 0 Å². The van der Waals surface area contributed by atoms with Gasteiger partial charge in [0.15, 0.2) is 5.79 Å². The van der Waals surface area contributed by atoms with E-state index in [1.807, 2.05) is 0 Å². The summed E-state index contributed by atoms with van der Waals surface area (Å²) in [5.74, 6) is -1.12. The first kappa shape index (κ1) is 12.1. The molecule has 0 aromatic heterocycles. The zero-order valence-electron chi connectivity index (χ0n) is 8.62. The van der Waals surface area contributed by atoms with E-state index in [1.165, 1.54) is 0 Å². The van der Waals surface area contributed by atoms with Gasteiger partial charge in [-0.25, -0.2) is 0 Å². The molecule has 1 saturated carbocycles. The molecule has 1 aliphatic rings. The minimum atomic E-state index is -1.96. The average molecular weight is 221 g/mol. The number of rotatable bonds is 6. The molecule has 1 rings (SSSR count). The van der Waals surface area contributed by atoms with Crippen molar-refractivity contribution in [3.05, 3.63) is 0 Å². The van der Waals surface area contributed by atoms with Crippen molar-refractivity contribution in [2.75, 3.05) is 6.61 Å². The lowest BCUT2D eigenvalue weighted by Gasteiger charge is -2.21. The summed E-state index contributed by atoms with van der Waals surface area (Å²) in [6, 6.07) is 0. The molecule has 1 fully saturated rings. The number of aliphatic hydroxyl groups is 1. The molecule has 0 aromatic carbocycles. The fraction of sp³-hybridized carbons (Fsp3) is 1.00. The molecule has 0 spiro atoms. The van der Waals surface area contributed by atoms with Crippen LogP contribution < -0.4 is 0 Å². The Hall–Kier alpha value is 0.0300. The molecule has 1 unspecified atom stereocenters. The Bertz CT molecular complexity index is 217. The van der Waals surface area contributed by atoms with E-state index in [2.05, 4.69) is 0 Å². The Morgan fingerprint density at radius 3 is 2.50 bits per heavy atom. The van der Waals surface area contributed by atoms with E-state index < -0.39 is 21.6 Å². The highest BCUT2D eigenvalue weighted by Gasteiger charge is 2.43. The third-order valence-corrected chi connectivity index (χ3v) is 3.71. The number of hydrogen-bond donors (Lipinski definition) is 1. The molecule has 0 aromatic rings. The molecular formula is C9H17O4S-. The molecule has 0 amide bonds. The average Bonchev–Trinajstić information content (AvgIpc) is 2.77. The zero-order chi connectivity index (χ0) is 10.8. The van der Waals surface area contributed by atoms with Crippen molar-refractivity contribution >= 4 is 11.1 Å². The Morgan fingerprint density at radius 2 is 2.14 bits per heavy atom. The first-order valence-electron chi connectivity index (χ1n) is 4.81. The van der Waals surface area contributed by atoms with E-state index in [0.717, 1.165) is 12.8 Å². The molecule has 14 heavy (non-hydrogen) atoms. The lowest BCUT2D eigenvalue weighted by Crippen LogP contribution is -2.24. The number of ether oxygens (including phenoxy) is 1. The fourth-order valence-electron chi connectivity index (χ4n) is 1.36. The molecular weight excluding hydrogens is 204 g/mol. The molecule has 1 aliphatic carbocycles. The third-order valence-electron chi connectivity index (χ3n) is 2.39. The van der Waals surface area contributed by atoms with E-state index in [4.69, 9.17) is 4.74 Å². The second-order valence-corrected chi connectivity index (χ2v) is 5.65. The SMILES string of the molecule is CC(C)(O)OCCCC1(S(=O)[O-])CC1. The maximum absolute atomic E-state index is 10.8. The molecule has 0 bridgehead atoms. The summed E-state index contributed by atoms with van der Waals surface area (Å²) in [7, 11) is 0. The fourth-order valence-corrected chi connectivity index (χ4v) is 2.10. The summed E-state index contributed by atoms with van der Waals surface area (Å²) in [6.07, 6.45) is 2.86. The van der Waals surface area contributed by atoms with Crippen LogP contribution in [0.4, 0.5) is 0 Å². The lowest BCUT2D eigenvalue weighted by molar-refractivity contribution is -0.176. The van der Waals surface area contributed by atoms with Gasteiger partial charge in [-0.15, -0.1) is 0 Å². The summed E-state index contributed by atoms with van der Waals surface area (Å²) < 4.78 is 26.2. The van der Waals surface area contributed by atoms with Crippen LogP contribution in [0, 0.1) is 0 Å². The van der Waals surface area contributed by atoms with Crippen LogP contribution in [0.5, 0.6) is 0 Å². The van der Waals surface area contributed by atoms with E-state index in [9.17, 15) is 13.9 Å². The Labute approximate surface area is 86.9 Å². The van der Waals surface area contributed by atoms with Gasteiger partial charge in [-0.3, -0.25) is 4.21 Å². The maximum atomic E-state index is 10.8. The summed E-state index contributed by atoms with van der Waals surface area (Å²) in [5, 5.41) is 9.23. The van der Waals surface area contributed by atoms with E-state index >= 15 is 0 Å². The number of hydrogen-bond acceptors (Lipinski definition) is 4. The molecule has 0 radical (unpaired) electrons. The summed E-state index contributed by atoms with van der Waals surface area (Å²) in [5.41, 5.74) is 0. The predicted molar refractivity (Wildman–Crippen MR) is 52.4 cm³/mol. The molecule has 5 heteroatoms. The van der Waals surface area contributed by atoms with Crippen LogP contribution in [-0.2, 0) is 15.8 Å². The largest absolute Gasteiger partial charge is 0.772 e. The zero-order valence-corrected chi connectivity index (χ0v) is 9.43. The Morgan fingerprint density at radius 1 is 1.57 bits per heavy atom. The highest BCUT2D eigenvalue weighted by atomic mass is 32.2. The van der Waals surface area contributed by atoms with Crippen LogP contribution >= 0.6 is 0 Å². The standard InChI is InChI=1S/C9H18O4S/c1-8(2,10)13-7-3-4-9(5-6-9)14(11)12/h10H,3-7H2,1-2H3,(H,11,12)/p-1. The van der Waals surface area contributed by atoms with Crippen LogP contribution in [0.15, 0.2) is 0 Å². The molecule has 4 nitrogen and oxygen atoms in total. The topological polar surface area (TPSA) is 69.6 Å². The quantitative estimate of drug-likeness (QED) is 0.411. The van der Waals surface area contributed by atoms with Gasteiger partial charge in [-0.1, -0.05) is 0 Å². The molecule has 0 aliphatic heterocycles. The van der Waals surface area contributed by atoms with Crippen molar-refractivity contribution in [1.29, 1.82) is 0 Å². The van der Waals surface area contributed by atoms with Crippen molar-refractivity contribution in [2.45, 2.75) is 50.1 Å². The second kappa shape index (κ2) is 4.26. The van der Waals surface area contributed by atoms with Crippen LogP contribution in [0.1, 0.15) is 39.5 Å². The first-order chi connectivity index (χ1) is 6.36. The maximum Gasteiger partial charge on any atom is 0.159 e. The van der Waals surface area contributed by atoms with Crippen molar-refractivity contribution < 1.29 is 18.6 Å². The van der Waals surface area contributed by atoms with E-state index in [-0.39, 0.29) is 0 Å². The minimum absolute atomic E-state index is 0.405. The third kappa shape index (κ3) is 3.65. The van der Waals surface area contributed by atoms with E-state index in [0.29, 0.717) is 19.4 Å². The van der Waals surface area contributed by atoms with Crippen molar-refractivity contribution in [3.8, 4) is 0 Å². The van der Waals surface area contributed by atoms with Crippen molar-refractivity contribution in [1.82, 2.24) is 0 Å². The molecule has 0 heterocycles. The minimum Gasteiger partial charge on any atom is -0.772 e. The summed E-state index contributed by atoms with van der Waals surface area (Å²) in [4.78, 5) is 0.